The summed E-state index contributed by atoms with van der Waals surface area (Å²) >= 11 is 2.13. The van der Waals surface area contributed by atoms with E-state index in [0.29, 0.717) is 6.10 Å². The predicted molar refractivity (Wildman–Crippen MR) is 79.2 cm³/mol. The Bertz CT molecular complexity index is 264. The van der Waals surface area contributed by atoms with Crippen LogP contribution in [-0.2, 0) is 4.74 Å². The molecule has 0 radical (unpaired) electrons. The van der Waals surface area contributed by atoms with Crippen molar-refractivity contribution in [2.75, 3.05) is 32.0 Å². The van der Waals surface area contributed by atoms with Gasteiger partial charge < -0.3 is 10.5 Å². The minimum absolute atomic E-state index is 0.216. The molecule has 0 aromatic carbocycles. The van der Waals surface area contributed by atoms with E-state index in [4.69, 9.17) is 10.5 Å². The Morgan fingerprint density at radius 2 is 2.22 bits per heavy atom. The van der Waals surface area contributed by atoms with Gasteiger partial charge in [0.1, 0.15) is 0 Å². The second kappa shape index (κ2) is 6.60. The summed E-state index contributed by atoms with van der Waals surface area (Å²) in [5, 5.41) is 0.796. The fourth-order valence-electron chi connectivity index (χ4n) is 3.26. The molecular formula is C14H28N2OS. The van der Waals surface area contributed by atoms with Crippen LogP contribution in [0.2, 0.25) is 0 Å². The highest BCUT2D eigenvalue weighted by molar-refractivity contribution is 8.00. The predicted octanol–water partition coefficient (Wildman–Crippen LogP) is 2.10. The Balaban J connectivity index is 2.05. The second-order valence-corrected chi connectivity index (χ2v) is 7.04. The Morgan fingerprint density at radius 3 is 2.89 bits per heavy atom. The average molecular weight is 272 g/mol. The van der Waals surface area contributed by atoms with Crippen LogP contribution in [0.3, 0.4) is 0 Å². The summed E-state index contributed by atoms with van der Waals surface area (Å²) in [6.45, 7) is 8.61. The quantitative estimate of drug-likeness (QED) is 0.850. The summed E-state index contributed by atoms with van der Waals surface area (Å²) in [6.07, 6.45) is 5.04. The Kier molecular flexibility index (Phi) is 5.36. The number of nitrogens with zero attached hydrogens (tertiary/aromatic N) is 1. The summed E-state index contributed by atoms with van der Waals surface area (Å²) in [4.78, 5) is 2.68. The van der Waals surface area contributed by atoms with E-state index in [2.05, 4.69) is 30.5 Å². The number of rotatable bonds is 4. The molecule has 3 nitrogen and oxygen atoms in total. The second-order valence-electron chi connectivity index (χ2n) is 5.63. The van der Waals surface area contributed by atoms with Crippen LogP contribution in [0.25, 0.3) is 0 Å². The minimum Gasteiger partial charge on any atom is -0.378 e. The van der Waals surface area contributed by atoms with Crippen LogP contribution in [0.15, 0.2) is 0 Å². The third-order valence-electron chi connectivity index (χ3n) is 4.63. The van der Waals surface area contributed by atoms with Crippen molar-refractivity contribution >= 4 is 11.8 Å². The van der Waals surface area contributed by atoms with Gasteiger partial charge in [-0.1, -0.05) is 13.8 Å². The average Bonchev–Trinajstić information content (AvgIpc) is 2.47. The van der Waals surface area contributed by atoms with Gasteiger partial charge in [-0.05, 0) is 25.7 Å². The van der Waals surface area contributed by atoms with E-state index in [0.717, 1.165) is 37.7 Å². The lowest BCUT2D eigenvalue weighted by atomic mass is 9.83. The summed E-state index contributed by atoms with van der Waals surface area (Å²) in [6, 6.07) is 0. The summed E-state index contributed by atoms with van der Waals surface area (Å²) in [5.41, 5.74) is 6.38. The van der Waals surface area contributed by atoms with Crippen molar-refractivity contribution in [3.63, 3.8) is 0 Å². The number of hydrogen-bond donors (Lipinski definition) is 1. The summed E-state index contributed by atoms with van der Waals surface area (Å²) in [7, 11) is 0. The van der Waals surface area contributed by atoms with Crippen LogP contribution < -0.4 is 5.73 Å². The van der Waals surface area contributed by atoms with Crippen molar-refractivity contribution in [3.8, 4) is 0 Å². The maximum absolute atomic E-state index is 6.17. The van der Waals surface area contributed by atoms with Gasteiger partial charge in [-0.3, -0.25) is 4.90 Å². The van der Waals surface area contributed by atoms with Crippen LogP contribution >= 0.6 is 11.8 Å². The normalized spacial score (nSPS) is 38.8. The van der Waals surface area contributed by atoms with E-state index >= 15 is 0 Å². The molecule has 18 heavy (non-hydrogen) atoms. The van der Waals surface area contributed by atoms with E-state index < -0.39 is 0 Å². The minimum atomic E-state index is 0.216. The first-order chi connectivity index (χ1) is 8.74. The van der Waals surface area contributed by atoms with Gasteiger partial charge in [0.15, 0.2) is 0 Å². The number of thioether (sulfide) groups is 1. The Labute approximate surface area is 116 Å². The molecule has 2 aliphatic rings. The van der Waals surface area contributed by atoms with E-state index in [1.165, 1.54) is 25.3 Å². The third-order valence-corrected chi connectivity index (χ3v) is 6.00. The third kappa shape index (κ3) is 3.03. The molecule has 2 rings (SSSR count). The zero-order chi connectivity index (χ0) is 13.0. The van der Waals surface area contributed by atoms with Crippen LogP contribution in [-0.4, -0.2) is 53.8 Å². The Morgan fingerprint density at radius 1 is 1.39 bits per heavy atom. The molecule has 4 heteroatoms. The lowest BCUT2D eigenvalue weighted by Crippen LogP contribution is -2.61. The van der Waals surface area contributed by atoms with Gasteiger partial charge in [-0.2, -0.15) is 11.8 Å². The monoisotopic (exact) mass is 272 g/mol. The summed E-state index contributed by atoms with van der Waals surface area (Å²) in [5.74, 6) is 1.26. The molecule has 2 fully saturated rings. The first-order valence-electron chi connectivity index (χ1n) is 7.42. The fraction of sp³-hybridized carbons (Fsp3) is 1.00. The van der Waals surface area contributed by atoms with Crippen molar-refractivity contribution in [3.05, 3.63) is 0 Å². The molecule has 3 unspecified atom stereocenters. The van der Waals surface area contributed by atoms with Gasteiger partial charge in [0, 0.05) is 42.8 Å². The van der Waals surface area contributed by atoms with E-state index in [-0.39, 0.29) is 5.54 Å². The van der Waals surface area contributed by atoms with Crippen LogP contribution in [0, 0.1) is 0 Å². The molecule has 0 saturated carbocycles. The van der Waals surface area contributed by atoms with Crippen molar-refractivity contribution < 1.29 is 4.74 Å². The van der Waals surface area contributed by atoms with Crippen LogP contribution in [0.1, 0.15) is 39.5 Å². The molecule has 2 saturated heterocycles. The number of nitrogens with two attached hydrogens (primary N) is 1. The highest BCUT2D eigenvalue weighted by Crippen LogP contribution is 2.35. The van der Waals surface area contributed by atoms with Crippen LogP contribution in [0.5, 0.6) is 0 Å². The molecule has 3 atom stereocenters. The zero-order valence-electron chi connectivity index (χ0n) is 11.9. The molecule has 0 amide bonds. The molecule has 0 aromatic rings. The van der Waals surface area contributed by atoms with Gasteiger partial charge in [0.25, 0.3) is 0 Å². The van der Waals surface area contributed by atoms with Gasteiger partial charge in [0.2, 0.25) is 0 Å². The maximum Gasteiger partial charge on any atom is 0.0590 e. The van der Waals surface area contributed by atoms with Crippen molar-refractivity contribution in [2.45, 2.75) is 56.4 Å². The van der Waals surface area contributed by atoms with Gasteiger partial charge >= 0.3 is 0 Å². The van der Waals surface area contributed by atoms with E-state index in [1.807, 2.05) is 0 Å². The number of ether oxygens (including phenoxy) is 1. The molecule has 0 aliphatic carbocycles. The lowest BCUT2D eigenvalue weighted by Gasteiger charge is -2.50. The van der Waals surface area contributed by atoms with E-state index in [1.54, 1.807) is 0 Å². The zero-order valence-corrected chi connectivity index (χ0v) is 12.7. The highest BCUT2D eigenvalue weighted by Gasteiger charge is 2.41. The Hall–Kier alpha value is 0.230. The maximum atomic E-state index is 6.17. The molecule has 0 bridgehead atoms. The van der Waals surface area contributed by atoms with Gasteiger partial charge in [-0.25, -0.2) is 0 Å². The van der Waals surface area contributed by atoms with E-state index in [9.17, 15) is 0 Å². The molecule has 2 N–H and O–H groups in total. The topological polar surface area (TPSA) is 38.5 Å². The summed E-state index contributed by atoms with van der Waals surface area (Å²) < 4.78 is 5.84. The highest BCUT2D eigenvalue weighted by atomic mass is 32.2. The molecule has 2 heterocycles. The molecular weight excluding hydrogens is 244 g/mol. The lowest BCUT2D eigenvalue weighted by molar-refractivity contribution is -0.0712. The van der Waals surface area contributed by atoms with Gasteiger partial charge in [0.05, 0.1) is 6.10 Å². The van der Waals surface area contributed by atoms with Crippen molar-refractivity contribution in [1.29, 1.82) is 0 Å². The molecule has 2 aliphatic heterocycles. The van der Waals surface area contributed by atoms with Crippen LogP contribution in [0.4, 0.5) is 0 Å². The largest absolute Gasteiger partial charge is 0.378 e. The first kappa shape index (κ1) is 14.6. The standard InChI is InChI=1S/C14H28N2OS/c1-3-12-9-14(11-15,5-7-17-12)16-6-8-18-13(4-2)10-16/h12-13H,3-11,15H2,1-2H3. The number of hydrogen-bond acceptors (Lipinski definition) is 4. The van der Waals surface area contributed by atoms with Crippen molar-refractivity contribution in [2.24, 2.45) is 5.73 Å². The first-order valence-corrected chi connectivity index (χ1v) is 8.47. The smallest absolute Gasteiger partial charge is 0.0590 e. The van der Waals surface area contributed by atoms with Gasteiger partial charge in [-0.15, -0.1) is 0 Å². The SMILES string of the molecule is CCC1CC(CN)(N2CCSC(CC)C2)CCO1. The fourth-order valence-corrected chi connectivity index (χ4v) is 4.44. The molecule has 0 spiro atoms. The van der Waals surface area contributed by atoms with Crippen molar-refractivity contribution in [1.82, 2.24) is 4.90 Å². The molecule has 106 valence electrons. The molecule has 0 aromatic heterocycles.